The molecule has 1 atom stereocenters. The average Bonchev–Trinajstić information content (AvgIpc) is 3.09. The van der Waals surface area contributed by atoms with Crippen LogP contribution in [0.15, 0.2) is 36.5 Å². The molecule has 1 amide bonds. The lowest BCUT2D eigenvalue weighted by Gasteiger charge is -2.26. The monoisotopic (exact) mass is 338 g/mol. The van der Waals surface area contributed by atoms with Crippen molar-refractivity contribution in [1.29, 1.82) is 0 Å². The number of aromatic nitrogens is 1. The average molecular weight is 338 g/mol. The molecule has 0 bridgehead atoms. The van der Waals surface area contributed by atoms with E-state index in [4.69, 9.17) is 0 Å². The number of pyridine rings is 1. The Hall–Kier alpha value is -2.69. The molecule has 0 N–H and O–H groups in total. The number of likely N-dealkylation sites (tertiary alicyclic amines) is 1. The highest BCUT2D eigenvalue weighted by molar-refractivity contribution is 5.97. The van der Waals surface area contributed by atoms with Gasteiger partial charge >= 0.3 is 5.97 Å². The van der Waals surface area contributed by atoms with Crippen LogP contribution in [0, 0.1) is 13.8 Å². The van der Waals surface area contributed by atoms with Gasteiger partial charge in [0.1, 0.15) is 5.69 Å². The van der Waals surface area contributed by atoms with E-state index in [1.165, 1.54) is 36.1 Å². The lowest BCUT2D eigenvalue weighted by molar-refractivity contribution is 0.0594. The van der Waals surface area contributed by atoms with E-state index in [-0.39, 0.29) is 17.6 Å². The third-order valence-electron chi connectivity index (χ3n) is 4.54. The molecule has 1 aliphatic rings. The van der Waals surface area contributed by atoms with Crippen molar-refractivity contribution in [3.8, 4) is 0 Å². The van der Waals surface area contributed by atoms with Crippen LogP contribution in [0.5, 0.6) is 0 Å². The second-order valence-corrected chi connectivity index (χ2v) is 6.50. The lowest BCUT2D eigenvalue weighted by atomic mass is 9.99. The quantitative estimate of drug-likeness (QED) is 0.804. The highest BCUT2D eigenvalue weighted by Crippen LogP contribution is 2.34. The number of esters is 1. The molecule has 1 saturated heterocycles. The molecule has 2 aromatic rings. The number of methoxy groups -OCH3 is 1. The molecule has 1 aromatic carbocycles. The maximum absolute atomic E-state index is 13.0. The minimum absolute atomic E-state index is 0.0702. The Labute approximate surface area is 147 Å². The summed E-state index contributed by atoms with van der Waals surface area (Å²) in [5, 5.41) is 0. The second kappa shape index (κ2) is 7.05. The first-order valence-electron chi connectivity index (χ1n) is 8.43. The standard InChI is InChI=1S/C20H22N2O3/c1-13-9-14(2)11-16(10-13)18-5-4-8-22(18)19(23)15-6-7-21-17(12-15)20(24)25-3/h6-7,9-12,18H,4-5,8H2,1-3H3/t18-/m0/s1. The molecular formula is C20H22N2O3. The summed E-state index contributed by atoms with van der Waals surface area (Å²) in [5.41, 5.74) is 4.19. The van der Waals surface area contributed by atoms with Crippen LogP contribution < -0.4 is 0 Å². The van der Waals surface area contributed by atoms with Crippen LogP contribution in [0.25, 0.3) is 0 Å². The van der Waals surface area contributed by atoms with Crippen LogP contribution in [-0.4, -0.2) is 35.4 Å². The van der Waals surface area contributed by atoms with Gasteiger partial charge in [-0.3, -0.25) is 4.79 Å². The maximum Gasteiger partial charge on any atom is 0.356 e. The summed E-state index contributed by atoms with van der Waals surface area (Å²) < 4.78 is 4.69. The number of benzene rings is 1. The van der Waals surface area contributed by atoms with Crippen molar-refractivity contribution in [1.82, 2.24) is 9.88 Å². The number of carbonyl (C=O) groups excluding carboxylic acids is 2. The van der Waals surface area contributed by atoms with Crippen LogP contribution >= 0.6 is 0 Å². The minimum atomic E-state index is -0.540. The van der Waals surface area contributed by atoms with E-state index in [1.807, 2.05) is 4.90 Å². The van der Waals surface area contributed by atoms with Crippen molar-refractivity contribution in [2.45, 2.75) is 32.7 Å². The Bertz CT molecular complexity index is 796. The highest BCUT2D eigenvalue weighted by atomic mass is 16.5. The summed E-state index contributed by atoms with van der Waals surface area (Å²) in [4.78, 5) is 30.5. The van der Waals surface area contributed by atoms with Gasteiger partial charge in [0.05, 0.1) is 13.2 Å². The first-order valence-corrected chi connectivity index (χ1v) is 8.43. The number of rotatable bonds is 3. The zero-order chi connectivity index (χ0) is 18.0. The van der Waals surface area contributed by atoms with Crippen molar-refractivity contribution in [2.75, 3.05) is 13.7 Å². The number of amides is 1. The summed E-state index contributed by atoms with van der Waals surface area (Å²) in [6.07, 6.45) is 3.39. The van der Waals surface area contributed by atoms with Gasteiger partial charge in [-0.05, 0) is 44.4 Å². The first-order chi connectivity index (χ1) is 12.0. The van der Waals surface area contributed by atoms with E-state index in [2.05, 4.69) is 41.8 Å². The van der Waals surface area contributed by atoms with Crippen LogP contribution in [-0.2, 0) is 4.74 Å². The van der Waals surface area contributed by atoms with Gasteiger partial charge in [-0.2, -0.15) is 0 Å². The van der Waals surface area contributed by atoms with E-state index in [0.717, 1.165) is 12.8 Å². The van der Waals surface area contributed by atoms with E-state index >= 15 is 0 Å². The van der Waals surface area contributed by atoms with Crippen LogP contribution in [0.1, 0.15) is 56.4 Å². The molecule has 3 rings (SSSR count). The van der Waals surface area contributed by atoms with Crippen molar-refractivity contribution >= 4 is 11.9 Å². The molecule has 2 heterocycles. The topological polar surface area (TPSA) is 59.5 Å². The molecular weight excluding hydrogens is 316 g/mol. The Morgan fingerprint density at radius 1 is 1.16 bits per heavy atom. The van der Waals surface area contributed by atoms with Crippen molar-refractivity contribution in [3.63, 3.8) is 0 Å². The molecule has 130 valence electrons. The van der Waals surface area contributed by atoms with Gasteiger partial charge in [-0.15, -0.1) is 0 Å². The van der Waals surface area contributed by atoms with Gasteiger partial charge in [0.2, 0.25) is 0 Å². The van der Waals surface area contributed by atoms with Crippen LogP contribution in [0.3, 0.4) is 0 Å². The Morgan fingerprint density at radius 2 is 1.88 bits per heavy atom. The highest BCUT2D eigenvalue weighted by Gasteiger charge is 2.31. The first kappa shape index (κ1) is 17.1. The minimum Gasteiger partial charge on any atom is -0.464 e. The third kappa shape index (κ3) is 3.55. The summed E-state index contributed by atoms with van der Waals surface area (Å²) in [6.45, 7) is 4.86. The maximum atomic E-state index is 13.0. The largest absolute Gasteiger partial charge is 0.464 e. The molecule has 1 aromatic heterocycles. The van der Waals surface area contributed by atoms with Crippen molar-refractivity contribution in [3.05, 3.63) is 64.5 Å². The van der Waals surface area contributed by atoms with Gasteiger partial charge in [-0.1, -0.05) is 29.3 Å². The summed E-state index contributed by atoms with van der Waals surface area (Å²) in [7, 11) is 1.30. The molecule has 0 saturated carbocycles. The Kier molecular flexibility index (Phi) is 4.83. The molecule has 25 heavy (non-hydrogen) atoms. The van der Waals surface area contributed by atoms with E-state index < -0.39 is 5.97 Å². The lowest BCUT2D eigenvalue weighted by Crippen LogP contribution is -2.30. The fourth-order valence-electron chi connectivity index (χ4n) is 3.50. The summed E-state index contributed by atoms with van der Waals surface area (Å²) in [5.74, 6) is -0.615. The zero-order valence-corrected chi connectivity index (χ0v) is 14.8. The molecule has 5 heteroatoms. The van der Waals surface area contributed by atoms with Gasteiger partial charge < -0.3 is 9.64 Å². The fraction of sp³-hybridized carbons (Fsp3) is 0.350. The zero-order valence-electron chi connectivity index (χ0n) is 14.8. The normalized spacial score (nSPS) is 16.8. The molecule has 0 radical (unpaired) electrons. The van der Waals surface area contributed by atoms with Crippen LogP contribution in [0.2, 0.25) is 0 Å². The number of carbonyl (C=O) groups is 2. The molecule has 1 aliphatic heterocycles. The van der Waals surface area contributed by atoms with E-state index in [9.17, 15) is 9.59 Å². The van der Waals surface area contributed by atoms with Crippen molar-refractivity contribution in [2.24, 2.45) is 0 Å². The number of hydrogen-bond donors (Lipinski definition) is 0. The summed E-state index contributed by atoms with van der Waals surface area (Å²) >= 11 is 0. The van der Waals surface area contributed by atoms with Gasteiger partial charge in [-0.25, -0.2) is 9.78 Å². The third-order valence-corrected chi connectivity index (χ3v) is 4.54. The Balaban J connectivity index is 1.89. The van der Waals surface area contributed by atoms with Gasteiger partial charge in [0.25, 0.3) is 5.91 Å². The number of nitrogens with zero attached hydrogens (tertiary/aromatic N) is 2. The number of ether oxygens (including phenoxy) is 1. The molecule has 0 unspecified atom stereocenters. The number of hydrogen-bond acceptors (Lipinski definition) is 4. The van der Waals surface area contributed by atoms with Crippen molar-refractivity contribution < 1.29 is 14.3 Å². The van der Waals surface area contributed by atoms with Gasteiger partial charge in [0.15, 0.2) is 0 Å². The SMILES string of the molecule is COC(=O)c1cc(C(=O)N2CCC[C@H]2c2cc(C)cc(C)c2)ccn1. The Morgan fingerprint density at radius 3 is 2.56 bits per heavy atom. The smallest absolute Gasteiger partial charge is 0.356 e. The fourth-order valence-corrected chi connectivity index (χ4v) is 3.50. The van der Waals surface area contributed by atoms with Crippen LogP contribution in [0.4, 0.5) is 0 Å². The van der Waals surface area contributed by atoms with E-state index in [0.29, 0.717) is 12.1 Å². The molecule has 0 aliphatic carbocycles. The molecule has 0 spiro atoms. The second-order valence-electron chi connectivity index (χ2n) is 6.50. The van der Waals surface area contributed by atoms with Gasteiger partial charge in [0, 0.05) is 18.3 Å². The summed E-state index contributed by atoms with van der Waals surface area (Å²) in [6, 6.07) is 9.65. The molecule has 5 nitrogen and oxygen atoms in total. The predicted octanol–water partition coefficient (Wildman–Crippen LogP) is 3.46. The van der Waals surface area contributed by atoms with E-state index in [1.54, 1.807) is 6.07 Å². The predicted molar refractivity (Wildman–Crippen MR) is 94.5 cm³/mol. The number of aryl methyl sites for hydroxylation is 2. The molecule has 1 fully saturated rings.